The van der Waals surface area contributed by atoms with Crippen molar-refractivity contribution in [3.8, 4) is 6.07 Å². The van der Waals surface area contributed by atoms with Crippen molar-refractivity contribution in [2.75, 3.05) is 5.32 Å². The van der Waals surface area contributed by atoms with Gasteiger partial charge in [0.15, 0.2) is 0 Å². The van der Waals surface area contributed by atoms with Gasteiger partial charge in [-0.2, -0.15) is 18.4 Å². The van der Waals surface area contributed by atoms with Crippen LogP contribution in [-0.2, 0) is 19.8 Å². The maximum Gasteiger partial charge on any atom is 0.416 e. The molecule has 8 heteroatoms. The van der Waals surface area contributed by atoms with E-state index in [4.69, 9.17) is 5.26 Å². The molecule has 0 aliphatic carbocycles. The van der Waals surface area contributed by atoms with Gasteiger partial charge in [0.05, 0.1) is 35.2 Å². The monoisotopic (exact) mass is 281 g/mol. The molecule has 0 fully saturated rings. The van der Waals surface area contributed by atoms with Gasteiger partial charge in [0.2, 0.25) is 0 Å². The van der Waals surface area contributed by atoms with E-state index in [9.17, 15) is 13.2 Å². The van der Waals surface area contributed by atoms with Crippen LogP contribution in [0.1, 0.15) is 16.8 Å². The number of anilines is 1. The Balaban J connectivity index is 2.21. The summed E-state index contributed by atoms with van der Waals surface area (Å²) in [5.74, 6) is 0. The smallest absolute Gasteiger partial charge is 0.378 e. The number of nitrogens with zero attached hydrogens (tertiary/aromatic N) is 4. The van der Waals surface area contributed by atoms with Gasteiger partial charge >= 0.3 is 6.18 Å². The predicted octanol–water partition coefficient (Wildman–Crippen LogP) is 2.32. The summed E-state index contributed by atoms with van der Waals surface area (Å²) in [5.41, 5.74) is 0.173. The van der Waals surface area contributed by atoms with Crippen molar-refractivity contribution >= 4 is 5.69 Å². The van der Waals surface area contributed by atoms with E-state index in [0.717, 1.165) is 17.8 Å². The number of alkyl halides is 3. The lowest BCUT2D eigenvalue weighted by Crippen LogP contribution is -2.09. The Hall–Kier alpha value is -2.56. The molecule has 0 aliphatic heterocycles. The first-order valence-electron chi connectivity index (χ1n) is 5.60. The first-order chi connectivity index (χ1) is 9.41. The summed E-state index contributed by atoms with van der Waals surface area (Å²) >= 11 is 0. The molecule has 0 bridgehead atoms. The van der Waals surface area contributed by atoms with E-state index in [1.165, 1.54) is 16.9 Å². The van der Waals surface area contributed by atoms with Gasteiger partial charge in [0.1, 0.15) is 6.07 Å². The van der Waals surface area contributed by atoms with Crippen LogP contribution in [0.2, 0.25) is 0 Å². The predicted molar refractivity (Wildman–Crippen MR) is 64.5 cm³/mol. The van der Waals surface area contributed by atoms with Crippen LogP contribution >= 0.6 is 0 Å². The van der Waals surface area contributed by atoms with Crippen LogP contribution in [0.3, 0.4) is 0 Å². The third kappa shape index (κ3) is 2.88. The summed E-state index contributed by atoms with van der Waals surface area (Å²) in [5, 5.41) is 19.2. The molecule has 1 heterocycles. The lowest BCUT2D eigenvalue weighted by molar-refractivity contribution is -0.137. The second kappa shape index (κ2) is 5.21. The van der Waals surface area contributed by atoms with Gasteiger partial charge in [-0.25, -0.2) is 0 Å². The normalized spacial score (nSPS) is 11.2. The van der Waals surface area contributed by atoms with Crippen molar-refractivity contribution in [1.29, 1.82) is 5.26 Å². The van der Waals surface area contributed by atoms with E-state index < -0.39 is 11.7 Å². The van der Waals surface area contributed by atoms with Gasteiger partial charge < -0.3 is 5.32 Å². The first kappa shape index (κ1) is 13.9. The van der Waals surface area contributed by atoms with Gasteiger partial charge in [-0.15, -0.1) is 5.10 Å². The highest BCUT2D eigenvalue weighted by Crippen LogP contribution is 2.31. The van der Waals surface area contributed by atoms with Crippen molar-refractivity contribution < 1.29 is 13.2 Å². The SMILES string of the molecule is Cn1nncc1CNc1ccc(C(F)(F)F)cc1C#N. The highest BCUT2D eigenvalue weighted by molar-refractivity contribution is 5.59. The quantitative estimate of drug-likeness (QED) is 0.937. The molecule has 1 aromatic heterocycles. The summed E-state index contributed by atoms with van der Waals surface area (Å²) in [4.78, 5) is 0. The molecule has 0 unspecified atom stereocenters. The van der Waals surface area contributed by atoms with Crippen molar-refractivity contribution in [3.05, 3.63) is 41.2 Å². The largest absolute Gasteiger partial charge is 0.416 e. The van der Waals surface area contributed by atoms with Crippen LogP contribution in [0.25, 0.3) is 0 Å². The first-order valence-corrected chi connectivity index (χ1v) is 5.60. The molecule has 20 heavy (non-hydrogen) atoms. The van der Waals surface area contributed by atoms with Gasteiger partial charge in [-0.05, 0) is 18.2 Å². The molecule has 0 saturated carbocycles. The van der Waals surface area contributed by atoms with E-state index in [1.54, 1.807) is 13.1 Å². The molecule has 0 radical (unpaired) electrons. The van der Waals surface area contributed by atoms with Crippen molar-refractivity contribution in [2.24, 2.45) is 7.05 Å². The van der Waals surface area contributed by atoms with Crippen molar-refractivity contribution in [2.45, 2.75) is 12.7 Å². The Kier molecular flexibility index (Phi) is 3.61. The van der Waals surface area contributed by atoms with Crippen LogP contribution in [0.5, 0.6) is 0 Å². The molecular weight excluding hydrogens is 271 g/mol. The third-order valence-corrected chi connectivity index (χ3v) is 2.74. The molecular formula is C12H10F3N5. The number of benzene rings is 1. The molecule has 2 aromatic rings. The second-order valence-electron chi connectivity index (χ2n) is 4.07. The van der Waals surface area contributed by atoms with Crippen molar-refractivity contribution in [1.82, 2.24) is 15.0 Å². The van der Waals surface area contributed by atoms with E-state index in [2.05, 4.69) is 15.6 Å². The fourth-order valence-electron chi connectivity index (χ4n) is 1.62. The molecule has 0 spiro atoms. The van der Waals surface area contributed by atoms with Gasteiger partial charge in [0, 0.05) is 7.05 Å². The minimum Gasteiger partial charge on any atom is -0.378 e. The molecule has 0 aliphatic rings. The Morgan fingerprint density at radius 1 is 1.40 bits per heavy atom. The maximum absolute atomic E-state index is 12.5. The Labute approximate surface area is 112 Å². The number of hydrogen-bond acceptors (Lipinski definition) is 4. The molecule has 5 nitrogen and oxygen atoms in total. The fraction of sp³-hybridized carbons (Fsp3) is 0.250. The van der Waals surface area contributed by atoms with E-state index in [0.29, 0.717) is 12.2 Å². The number of hydrogen-bond donors (Lipinski definition) is 1. The highest BCUT2D eigenvalue weighted by atomic mass is 19.4. The minimum absolute atomic E-state index is 0.0602. The topological polar surface area (TPSA) is 66.5 Å². The number of aromatic nitrogens is 3. The van der Waals surface area contributed by atoms with E-state index in [-0.39, 0.29) is 5.56 Å². The molecule has 1 aromatic carbocycles. The zero-order valence-corrected chi connectivity index (χ0v) is 10.4. The van der Waals surface area contributed by atoms with Gasteiger partial charge in [-0.3, -0.25) is 4.68 Å². The Morgan fingerprint density at radius 2 is 2.15 bits per heavy atom. The van der Waals surface area contributed by atoms with E-state index >= 15 is 0 Å². The van der Waals surface area contributed by atoms with Crippen LogP contribution in [0, 0.1) is 11.3 Å². The fourth-order valence-corrected chi connectivity index (χ4v) is 1.62. The van der Waals surface area contributed by atoms with Gasteiger partial charge in [0.25, 0.3) is 0 Å². The summed E-state index contributed by atoms with van der Waals surface area (Å²) < 4.78 is 39.2. The van der Waals surface area contributed by atoms with Crippen LogP contribution < -0.4 is 5.32 Å². The summed E-state index contributed by atoms with van der Waals surface area (Å²) in [6.07, 6.45) is -2.93. The number of aryl methyl sites for hydroxylation is 1. The maximum atomic E-state index is 12.5. The number of nitrogens with one attached hydrogen (secondary N) is 1. The average molecular weight is 281 g/mol. The van der Waals surface area contributed by atoms with Crippen LogP contribution in [0.4, 0.5) is 18.9 Å². The zero-order valence-electron chi connectivity index (χ0n) is 10.4. The lowest BCUT2D eigenvalue weighted by atomic mass is 10.1. The molecule has 0 atom stereocenters. The minimum atomic E-state index is -4.46. The molecule has 104 valence electrons. The summed E-state index contributed by atoms with van der Waals surface area (Å²) in [7, 11) is 1.70. The summed E-state index contributed by atoms with van der Waals surface area (Å²) in [6, 6.07) is 4.75. The van der Waals surface area contributed by atoms with Crippen molar-refractivity contribution in [3.63, 3.8) is 0 Å². The van der Waals surface area contributed by atoms with Crippen LogP contribution in [-0.4, -0.2) is 15.0 Å². The number of rotatable bonds is 3. The average Bonchev–Trinajstić information content (AvgIpc) is 2.80. The number of nitriles is 1. The standard InChI is InChI=1S/C12H10F3N5/c1-20-10(7-18-19-20)6-17-11-3-2-9(12(13,14)15)4-8(11)5-16/h2-4,7,17H,6H2,1H3. The molecule has 2 rings (SSSR count). The lowest BCUT2D eigenvalue weighted by Gasteiger charge is -2.11. The third-order valence-electron chi connectivity index (χ3n) is 2.74. The zero-order chi connectivity index (χ0) is 14.8. The highest BCUT2D eigenvalue weighted by Gasteiger charge is 2.31. The van der Waals surface area contributed by atoms with E-state index in [1.807, 2.05) is 0 Å². The molecule has 0 saturated heterocycles. The summed E-state index contributed by atoms with van der Waals surface area (Å²) in [6.45, 7) is 0.309. The number of halogens is 3. The Morgan fingerprint density at radius 3 is 2.70 bits per heavy atom. The molecule has 0 amide bonds. The Bertz CT molecular complexity index is 654. The molecule has 1 N–H and O–H groups in total. The van der Waals surface area contributed by atoms with Gasteiger partial charge in [-0.1, -0.05) is 5.21 Å². The van der Waals surface area contributed by atoms with Crippen LogP contribution in [0.15, 0.2) is 24.4 Å². The second-order valence-corrected chi connectivity index (χ2v) is 4.07.